The maximum absolute atomic E-state index is 14.6. The smallest absolute Gasteiger partial charge is 0.151 e. The Kier molecular flexibility index (Phi) is 5.09. The number of anilines is 1. The first-order chi connectivity index (χ1) is 16.0. The number of hydrazine groups is 1. The Morgan fingerprint density at radius 3 is 2.73 bits per heavy atom. The zero-order valence-electron chi connectivity index (χ0n) is 18.8. The van der Waals surface area contributed by atoms with Gasteiger partial charge in [-0.3, -0.25) is 9.84 Å². The van der Waals surface area contributed by atoms with E-state index in [2.05, 4.69) is 41.3 Å². The highest BCUT2D eigenvalue weighted by molar-refractivity contribution is 5.87. The minimum atomic E-state index is -0.222. The molecule has 0 amide bonds. The van der Waals surface area contributed by atoms with Crippen molar-refractivity contribution >= 4 is 11.5 Å². The number of nitrogens with zero attached hydrogens (tertiary/aromatic N) is 5. The van der Waals surface area contributed by atoms with Gasteiger partial charge in [-0.1, -0.05) is 5.16 Å². The van der Waals surface area contributed by atoms with Gasteiger partial charge in [0.1, 0.15) is 29.7 Å². The van der Waals surface area contributed by atoms with Gasteiger partial charge < -0.3 is 9.64 Å². The molecule has 6 rings (SSSR count). The molecule has 33 heavy (non-hydrogen) atoms. The Morgan fingerprint density at radius 1 is 1.18 bits per heavy atom. The van der Waals surface area contributed by atoms with Crippen LogP contribution in [0.15, 0.2) is 40.8 Å². The second kappa shape index (κ2) is 8.01. The summed E-state index contributed by atoms with van der Waals surface area (Å²) >= 11 is 0. The monoisotopic (exact) mass is 456 g/mol. The lowest BCUT2D eigenvalue weighted by molar-refractivity contribution is 0.0185. The van der Waals surface area contributed by atoms with Crippen molar-refractivity contribution in [2.45, 2.75) is 57.0 Å². The van der Waals surface area contributed by atoms with Crippen LogP contribution in [0.3, 0.4) is 0 Å². The normalized spacial score (nSPS) is 31.1. The summed E-state index contributed by atoms with van der Waals surface area (Å²) in [6, 6.07) is 1.76. The van der Waals surface area contributed by atoms with Gasteiger partial charge in [0.05, 0.1) is 23.5 Å². The molecule has 3 aliphatic heterocycles. The van der Waals surface area contributed by atoms with E-state index in [0.29, 0.717) is 5.76 Å². The van der Waals surface area contributed by atoms with Crippen molar-refractivity contribution in [3.63, 3.8) is 0 Å². The van der Waals surface area contributed by atoms with Gasteiger partial charge in [0.25, 0.3) is 0 Å². The molecule has 1 saturated carbocycles. The molecule has 10 nitrogen and oxygen atoms in total. The highest BCUT2D eigenvalue weighted by Crippen LogP contribution is 2.44. The standard InChI is InChI=1S/C22H29FN8O2/c1-13-21(29-33-28-13)31-7-5-30(6-8-31)19-11-17(24-12-25-19)20-14-9-18(32-22(2)3-4-22)15(23)10-16(14)26-27-20/h9,11-12,16,20-21,26-27,29H,3-8,10H2,1-2H3/t16-,20-,21-/m1/s1. The van der Waals surface area contributed by atoms with Crippen LogP contribution in [0, 0.1) is 0 Å². The zero-order chi connectivity index (χ0) is 22.6. The van der Waals surface area contributed by atoms with E-state index in [1.54, 1.807) is 6.33 Å². The SMILES string of the molecule is CC1=NON[C@@H]1N1CCN(c2cc([C@@H]3NN[C@@H]4CC(F)=C(OC5(C)CC5)C=C34)ncn2)CC1. The van der Waals surface area contributed by atoms with Gasteiger partial charge in [0.2, 0.25) is 0 Å². The van der Waals surface area contributed by atoms with Crippen LogP contribution >= 0.6 is 0 Å². The first kappa shape index (κ1) is 21.0. The van der Waals surface area contributed by atoms with Crippen LogP contribution in [0.5, 0.6) is 0 Å². The minimum Gasteiger partial charge on any atom is -0.485 e. The second-order valence-corrected chi connectivity index (χ2v) is 9.61. The topological polar surface area (TPSA) is 99.2 Å². The molecule has 0 radical (unpaired) electrons. The molecule has 0 bridgehead atoms. The molecule has 2 aliphatic carbocycles. The van der Waals surface area contributed by atoms with Gasteiger partial charge in [-0.05, 0) is 38.3 Å². The Balaban J connectivity index is 1.17. The van der Waals surface area contributed by atoms with Crippen molar-refractivity contribution < 1.29 is 14.1 Å². The van der Waals surface area contributed by atoms with Gasteiger partial charge in [-0.2, -0.15) is 0 Å². The van der Waals surface area contributed by atoms with Crippen LogP contribution in [-0.4, -0.2) is 64.6 Å². The summed E-state index contributed by atoms with van der Waals surface area (Å²) < 4.78 is 20.6. The first-order valence-corrected chi connectivity index (χ1v) is 11.6. The summed E-state index contributed by atoms with van der Waals surface area (Å²) in [5.74, 6) is 1.06. The van der Waals surface area contributed by atoms with Gasteiger partial charge in [0.15, 0.2) is 5.76 Å². The molecule has 11 heteroatoms. The van der Waals surface area contributed by atoms with Gasteiger partial charge in [-0.15, -0.1) is 5.48 Å². The van der Waals surface area contributed by atoms with Gasteiger partial charge in [-0.25, -0.2) is 25.2 Å². The second-order valence-electron chi connectivity index (χ2n) is 9.61. The molecule has 0 unspecified atom stereocenters. The molecular formula is C22H29FN8O2. The number of oxime groups is 1. The number of rotatable bonds is 5. The van der Waals surface area contributed by atoms with Crippen LogP contribution in [0.4, 0.5) is 10.2 Å². The van der Waals surface area contributed by atoms with Crippen molar-refractivity contribution in [2.75, 3.05) is 31.1 Å². The van der Waals surface area contributed by atoms with E-state index >= 15 is 0 Å². The number of nitrogens with one attached hydrogen (secondary N) is 3. The fourth-order valence-electron chi connectivity index (χ4n) is 4.81. The van der Waals surface area contributed by atoms with Crippen molar-refractivity contribution in [1.29, 1.82) is 0 Å². The quantitative estimate of drug-likeness (QED) is 0.608. The third-order valence-electron chi connectivity index (χ3n) is 7.12. The Hall–Kier alpha value is -2.60. The molecule has 3 atom stereocenters. The van der Waals surface area contributed by atoms with Crippen molar-refractivity contribution in [1.82, 2.24) is 31.2 Å². The molecule has 176 valence electrons. The maximum Gasteiger partial charge on any atom is 0.151 e. The van der Waals surface area contributed by atoms with E-state index in [1.807, 2.05) is 26.0 Å². The molecule has 1 aromatic heterocycles. The third kappa shape index (κ3) is 3.99. The fraction of sp³-hybridized carbons (Fsp3) is 0.591. The highest BCUT2D eigenvalue weighted by Gasteiger charge is 2.43. The summed E-state index contributed by atoms with van der Waals surface area (Å²) in [6.07, 6.45) is 5.70. The van der Waals surface area contributed by atoms with Gasteiger partial charge >= 0.3 is 0 Å². The predicted octanol–water partition coefficient (Wildman–Crippen LogP) is 1.43. The lowest BCUT2D eigenvalue weighted by atomic mass is 9.92. The van der Waals surface area contributed by atoms with E-state index in [1.165, 1.54) is 0 Å². The lowest BCUT2D eigenvalue weighted by Crippen LogP contribution is -2.55. The molecule has 1 aromatic rings. The summed E-state index contributed by atoms with van der Waals surface area (Å²) in [6.45, 7) is 7.41. The highest BCUT2D eigenvalue weighted by atomic mass is 19.1. The number of hydroxylamine groups is 1. The number of ether oxygens (including phenoxy) is 1. The third-order valence-corrected chi connectivity index (χ3v) is 7.12. The van der Waals surface area contributed by atoms with E-state index < -0.39 is 0 Å². The number of allylic oxidation sites excluding steroid dienone is 1. The van der Waals surface area contributed by atoms with Crippen LogP contribution in [0.25, 0.3) is 0 Å². The van der Waals surface area contributed by atoms with Crippen LogP contribution < -0.4 is 21.2 Å². The van der Waals surface area contributed by atoms with Crippen molar-refractivity contribution in [2.24, 2.45) is 5.16 Å². The van der Waals surface area contributed by atoms with E-state index in [-0.39, 0.29) is 36.1 Å². The zero-order valence-corrected chi connectivity index (χ0v) is 18.8. The van der Waals surface area contributed by atoms with Crippen LogP contribution in [0.2, 0.25) is 0 Å². The Labute approximate surface area is 191 Å². The fourth-order valence-corrected chi connectivity index (χ4v) is 4.81. The first-order valence-electron chi connectivity index (χ1n) is 11.6. The largest absolute Gasteiger partial charge is 0.485 e. The van der Waals surface area contributed by atoms with E-state index in [0.717, 1.165) is 61.8 Å². The lowest BCUT2D eigenvalue weighted by Gasteiger charge is -2.37. The van der Waals surface area contributed by atoms with Crippen molar-refractivity contribution in [3.8, 4) is 0 Å². The summed E-state index contributed by atoms with van der Waals surface area (Å²) in [5, 5.41) is 3.97. The number of aromatic nitrogens is 2. The van der Waals surface area contributed by atoms with Crippen LogP contribution in [0.1, 0.15) is 44.8 Å². The average Bonchev–Trinajstić information content (AvgIpc) is 3.19. The Morgan fingerprint density at radius 2 is 2.00 bits per heavy atom. The summed E-state index contributed by atoms with van der Waals surface area (Å²) in [7, 11) is 0. The van der Waals surface area contributed by atoms with E-state index in [9.17, 15) is 4.39 Å². The average molecular weight is 457 g/mol. The number of fused-ring (bicyclic) bond motifs is 1. The minimum absolute atomic E-state index is 0.0276. The summed E-state index contributed by atoms with van der Waals surface area (Å²) in [4.78, 5) is 18.7. The Bertz CT molecular complexity index is 1030. The molecule has 2 saturated heterocycles. The number of hydrogen-bond donors (Lipinski definition) is 3. The van der Waals surface area contributed by atoms with E-state index in [4.69, 9.17) is 9.68 Å². The van der Waals surface area contributed by atoms with Crippen molar-refractivity contribution in [3.05, 3.63) is 41.3 Å². The molecular weight excluding hydrogens is 427 g/mol. The van der Waals surface area contributed by atoms with Gasteiger partial charge in [0, 0.05) is 38.7 Å². The predicted molar refractivity (Wildman–Crippen MR) is 119 cm³/mol. The number of piperazine rings is 1. The molecule has 0 aromatic carbocycles. The molecule has 4 heterocycles. The maximum atomic E-state index is 14.6. The molecule has 5 aliphatic rings. The summed E-state index contributed by atoms with van der Waals surface area (Å²) in [5.41, 5.74) is 12.1. The molecule has 0 spiro atoms. The number of hydrogen-bond acceptors (Lipinski definition) is 10. The number of halogens is 1. The molecule has 3 fully saturated rings. The molecule has 3 N–H and O–H groups in total. The van der Waals surface area contributed by atoms with Crippen LogP contribution in [-0.2, 0) is 9.68 Å².